The van der Waals surface area contributed by atoms with Crippen LogP contribution in [0.4, 0.5) is 0 Å². The summed E-state index contributed by atoms with van der Waals surface area (Å²) in [6.45, 7) is 4.47. The van der Waals surface area contributed by atoms with Crippen molar-refractivity contribution >= 4 is 15.9 Å². The van der Waals surface area contributed by atoms with Gasteiger partial charge in [-0.3, -0.25) is 4.79 Å². The zero-order valence-corrected chi connectivity index (χ0v) is 16.3. The fourth-order valence-corrected chi connectivity index (χ4v) is 5.64. The van der Waals surface area contributed by atoms with Gasteiger partial charge in [-0.25, -0.2) is 13.1 Å². The van der Waals surface area contributed by atoms with Crippen LogP contribution in [0.1, 0.15) is 56.3 Å². The maximum absolute atomic E-state index is 13.0. The normalized spacial score (nSPS) is 27.9. The third kappa shape index (κ3) is 3.17. The first-order chi connectivity index (χ1) is 12.4. The lowest BCUT2D eigenvalue weighted by Crippen LogP contribution is -2.42. The van der Waals surface area contributed by atoms with Crippen LogP contribution in [0.3, 0.4) is 0 Å². The Morgan fingerprint density at radius 2 is 1.96 bits per heavy atom. The number of hydrogen-bond acceptors (Lipinski definition) is 4. The second kappa shape index (κ2) is 7.29. The minimum absolute atomic E-state index is 0.0632. The summed E-state index contributed by atoms with van der Waals surface area (Å²) in [7, 11) is -3.53. The summed E-state index contributed by atoms with van der Waals surface area (Å²) in [5.74, 6) is -0.0632. The quantitative estimate of drug-likeness (QED) is 0.759. The number of carbonyl (C=O) groups is 1. The Labute approximate surface area is 155 Å². The number of carbonyl (C=O) groups excluding carboxylic acids is 1. The van der Waals surface area contributed by atoms with E-state index in [2.05, 4.69) is 11.6 Å². The first kappa shape index (κ1) is 19.3. The number of aliphatic hydroxyl groups excluding tert-OH is 1. The van der Waals surface area contributed by atoms with E-state index in [1.807, 2.05) is 11.8 Å². The van der Waals surface area contributed by atoms with E-state index < -0.39 is 10.0 Å². The van der Waals surface area contributed by atoms with Gasteiger partial charge in [-0.15, -0.1) is 0 Å². The van der Waals surface area contributed by atoms with E-state index in [4.69, 9.17) is 0 Å². The fraction of sp³-hybridized carbons (Fsp3) is 0.632. The standard InChI is InChI=1S/C19H28N2O4S/c1-3-11-20-26(24,25)16-8-5-14(6-9-16)18(23)21-15-7-10-17(21)19(4-2,12-15)13-22/h5-6,8-9,15,17,20,22H,3-4,7,10-13H2,1-2H3/t15-,17+,19-/m0/s1. The largest absolute Gasteiger partial charge is 0.396 e. The third-order valence-corrected chi connectivity index (χ3v) is 7.54. The molecule has 2 saturated heterocycles. The van der Waals surface area contributed by atoms with Gasteiger partial charge in [0.1, 0.15) is 0 Å². The lowest BCUT2D eigenvalue weighted by molar-refractivity contribution is 0.0557. The molecule has 26 heavy (non-hydrogen) atoms. The summed E-state index contributed by atoms with van der Waals surface area (Å²) in [4.78, 5) is 15.1. The van der Waals surface area contributed by atoms with Gasteiger partial charge in [0.15, 0.2) is 0 Å². The van der Waals surface area contributed by atoms with Crippen LogP contribution in [0.2, 0.25) is 0 Å². The van der Waals surface area contributed by atoms with E-state index in [1.165, 1.54) is 12.1 Å². The van der Waals surface area contributed by atoms with Crippen LogP contribution in [0.15, 0.2) is 29.2 Å². The Hall–Kier alpha value is -1.44. The Morgan fingerprint density at radius 3 is 2.50 bits per heavy atom. The van der Waals surface area contributed by atoms with E-state index in [-0.39, 0.29) is 34.9 Å². The summed E-state index contributed by atoms with van der Waals surface area (Å²) >= 11 is 0. The van der Waals surface area contributed by atoms with Crippen molar-refractivity contribution in [3.8, 4) is 0 Å². The first-order valence-corrected chi connectivity index (χ1v) is 10.9. The fourth-order valence-electron chi connectivity index (χ4n) is 4.50. The number of hydrogen-bond donors (Lipinski definition) is 2. The molecule has 7 heteroatoms. The summed E-state index contributed by atoms with van der Waals surface area (Å²) in [5.41, 5.74) is 0.313. The van der Waals surface area contributed by atoms with Crippen molar-refractivity contribution in [3.63, 3.8) is 0 Å². The zero-order chi connectivity index (χ0) is 18.9. The van der Waals surface area contributed by atoms with Gasteiger partial charge < -0.3 is 10.0 Å². The number of fused-ring (bicyclic) bond motifs is 2. The minimum atomic E-state index is -3.53. The Bertz CT molecular complexity index is 756. The second-order valence-corrected chi connectivity index (χ2v) is 9.23. The van der Waals surface area contributed by atoms with Crippen LogP contribution in [0.5, 0.6) is 0 Å². The van der Waals surface area contributed by atoms with Gasteiger partial charge in [0, 0.05) is 29.6 Å². The lowest BCUT2D eigenvalue weighted by atomic mass is 9.72. The van der Waals surface area contributed by atoms with Gasteiger partial charge >= 0.3 is 0 Å². The molecule has 2 N–H and O–H groups in total. The molecule has 1 amide bonds. The van der Waals surface area contributed by atoms with Crippen LogP contribution in [-0.2, 0) is 10.0 Å². The van der Waals surface area contributed by atoms with Crippen LogP contribution in [-0.4, -0.2) is 49.6 Å². The summed E-state index contributed by atoms with van der Waals surface area (Å²) in [6, 6.07) is 6.41. The van der Waals surface area contributed by atoms with E-state index in [0.29, 0.717) is 12.1 Å². The van der Waals surface area contributed by atoms with E-state index >= 15 is 0 Å². The Kier molecular flexibility index (Phi) is 5.42. The molecular formula is C19H28N2O4S. The molecule has 2 aliphatic heterocycles. The lowest BCUT2D eigenvalue weighted by Gasteiger charge is -2.34. The van der Waals surface area contributed by atoms with Crippen molar-refractivity contribution in [1.29, 1.82) is 0 Å². The highest BCUT2D eigenvalue weighted by atomic mass is 32.2. The number of sulfonamides is 1. The molecule has 144 valence electrons. The minimum Gasteiger partial charge on any atom is -0.396 e. The third-order valence-electron chi connectivity index (χ3n) is 6.06. The summed E-state index contributed by atoms with van der Waals surface area (Å²) in [5, 5.41) is 9.89. The molecule has 0 aromatic heterocycles. The molecule has 0 saturated carbocycles. The number of rotatable bonds is 7. The van der Waals surface area contributed by atoms with E-state index in [9.17, 15) is 18.3 Å². The molecule has 2 bridgehead atoms. The SMILES string of the molecule is CCCNS(=O)(=O)c1ccc(C(=O)N2[C@H]3CC[C@@H]2[C@](CC)(CO)C3)cc1. The molecule has 0 spiro atoms. The number of amides is 1. The van der Waals surface area contributed by atoms with Crippen molar-refractivity contribution in [2.75, 3.05) is 13.2 Å². The summed E-state index contributed by atoms with van der Waals surface area (Å²) < 4.78 is 26.9. The molecule has 2 aliphatic rings. The molecular weight excluding hydrogens is 352 g/mol. The number of nitrogens with one attached hydrogen (secondary N) is 1. The van der Waals surface area contributed by atoms with Crippen molar-refractivity contribution in [3.05, 3.63) is 29.8 Å². The maximum atomic E-state index is 13.0. The molecule has 0 aliphatic carbocycles. The van der Waals surface area contributed by atoms with Crippen molar-refractivity contribution in [1.82, 2.24) is 9.62 Å². The Morgan fingerprint density at radius 1 is 1.27 bits per heavy atom. The monoisotopic (exact) mass is 380 g/mol. The molecule has 0 radical (unpaired) electrons. The molecule has 2 fully saturated rings. The van der Waals surface area contributed by atoms with E-state index in [0.717, 1.165) is 32.1 Å². The van der Waals surface area contributed by atoms with Gasteiger partial charge in [-0.05, 0) is 56.4 Å². The summed E-state index contributed by atoms with van der Waals surface area (Å²) in [6.07, 6.45) is 4.33. The number of aliphatic hydroxyl groups is 1. The molecule has 1 aromatic carbocycles. The highest BCUT2D eigenvalue weighted by Crippen LogP contribution is 2.51. The maximum Gasteiger partial charge on any atom is 0.254 e. The first-order valence-electron chi connectivity index (χ1n) is 9.42. The van der Waals surface area contributed by atoms with Crippen LogP contribution >= 0.6 is 0 Å². The highest BCUT2D eigenvalue weighted by molar-refractivity contribution is 7.89. The smallest absolute Gasteiger partial charge is 0.254 e. The number of benzene rings is 1. The van der Waals surface area contributed by atoms with Crippen molar-refractivity contribution < 1.29 is 18.3 Å². The average Bonchev–Trinajstić information content (AvgIpc) is 3.22. The van der Waals surface area contributed by atoms with Gasteiger partial charge in [0.05, 0.1) is 11.5 Å². The molecule has 3 rings (SSSR count). The highest BCUT2D eigenvalue weighted by Gasteiger charge is 2.56. The molecule has 6 nitrogen and oxygen atoms in total. The van der Waals surface area contributed by atoms with Crippen molar-refractivity contribution in [2.45, 2.75) is 62.9 Å². The number of nitrogens with zero attached hydrogens (tertiary/aromatic N) is 1. The zero-order valence-electron chi connectivity index (χ0n) is 15.4. The van der Waals surface area contributed by atoms with Crippen molar-refractivity contribution in [2.24, 2.45) is 5.41 Å². The molecule has 2 heterocycles. The molecule has 3 atom stereocenters. The van der Waals surface area contributed by atoms with Crippen LogP contribution in [0, 0.1) is 5.41 Å². The van der Waals surface area contributed by atoms with Gasteiger partial charge in [0.2, 0.25) is 10.0 Å². The Balaban J connectivity index is 1.79. The topological polar surface area (TPSA) is 86.7 Å². The van der Waals surface area contributed by atoms with Gasteiger partial charge in [-0.2, -0.15) is 0 Å². The van der Waals surface area contributed by atoms with Gasteiger partial charge in [-0.1, -0.05) is 13.8 Å². The second-order valence-electron chi connectivity index (χ2n) is 7.46. The van der Waals surface area contributed by atoms with Gasteiger partial charge in [0.25, 0.3) is 5.91 Å². The molecule has 0 unspecified atom stereocenters. The van der Waals surface area contributed by atoms with Crippen LogP contribution in [0.25, 0.3) is 0 Å². The van der Waals surface area contributed by atoms with E-state index in [1.54, 1.807) is 12.1 Å². The average molecular weight is 381 g/mol. The predicted octanol–water partition coefficient (Wildman–Crippen LogP) is 2.14. The molecule has 1 aromatic rings. The van der Waals surface area contributed by atoms with Crippen LogP contribution < -0.4 is 4.72 Å². The predicted molar refractivity (Wildman–Crippen MR) is 99.3 cm³/mol.